The van der Waals surface area contributed by atoms with E-state index in [4.69, 9.17) is 0 Å². The number of rotatable bonds is 3. The van der Waals surface area contributed by atoms with E-state index in [1.54, 1.807) is 5.57 Å². The van der Waals surface area contributed by atoms with Gasteiger partial charge in [-0.15, -0.1) is 0 Å². The molecule has 0 bridgehead atoms. The van der Waals surface area contributed by atoms with Crippen molar-refractivity contribution in [3.8, 4) is 0 Å². The van der Waals surface area contributed by atoms with E-state index in [2.05, 4.69) is 114 Å². The van der Waals surface area contributed by atoms with Gasteiger partial charge in [-0.05, 0) is 39.5 Å². The maximum atomic E-state index is 2.39. The molecule has 0 fully saturated rings. The average molecular weight is 345 g/mol. The molecule has 136 valence electrons. The number of benzene rings is 2. The summed E-state index contributed by atoms with van der Waals surface area (Å²) in [5, 5.41) is 0. The Morgan fingerprint density at radius 2 is 1.12 bits per heavy atom. The highest BCUT2D eigenvalue weighted by atomic mass is 14.5. The summed E-state index contributed by atoms with van der Waals surface area (Å²) in [5.74, 6) is 0. The molecule has 0 nitrogen and oxygen atoms in total. The van der Waals surface area contributed by atoms with Crippen LogP contribution < -0.4 is 0 Å². The molecule has 0 radical (unpaired) electrons. The third kappa shape index (κ3) is 2.96. The summed E-state index contributed by atoms with van der Waals surface area (Å²) in [7, 11) is 0. The molecule has 2 aromatic carbocycles. The highest BCUT2D eigenvalue weighted by molar-refractivity contribution is 5.57. The fraction of sp³-hybridized carbons (Fsp3) is 0.385. The average Bonchev–Trinajstić information content (AvgIpc) is 3.06. The van der Waals surface area contributed by atoms with Crippen LogP contribution in [0, 0.1) is 10.8 Å². The lowest BCUT2D eigenvalue weighted by molar-refractivity contribution is 0.260. The van der Waals surface area contributed by atoms with Crippen molar-refractivity contribution in [1.29, 1.82) is 0 Å². The zero-order valence-electron chi connectivity index (χ0n) is 17.1. The van der Waals surface area contributed by atoms with Crippen LogP contribution in [0.5, 0.6) is 0 Å². The number of hydrogen-bond donors (Lipinski definition) is 0. The topological polar surface area (TPSA) is 0 Å². The molecule has 0 aromatic heterocycles. The first-order valence-electron chi connectivity index (χ1n) is 9.71. The van der Waals surface area contributed by atoms with Gasteiger partial charge < -0.3 is 0 Å². The molecule has 2 aromatic rings. The van der Waals surface area contributed by atoms with Crippen molar-refractivity contribution >= 4 is 0 Å². The molecule has 0 saturated carbocycles. The Hall–Kier alpha value is -2.08. The molecular formula is C26H32. The largest absolute Gasteiger partial charge is 0.0801 e. The van der Waals surface area contributed by atoms with Crippen LogP contribution >= 0.6 is 0 Å². The molecule has 0 spiro atoms. The summed E-state index contributed by atoms with van der Waals surface area (Å²) in [5.41, 5.74) is 5.82. The molecule has 0 saturated heterocycles. The van der Waals surface area contributed by atoms with Gasteiger partial charge in [0, 0.05) is 5.41 Å². The molecule has 3 rings (SSSR count). The molecule has 0 heteroatoms. The van der Waals surface area contributed by atoms with Crippen LogP contribution in [-0.4, -0.2) is 0 Å². The summed E-state index contributed by atoms with van der Waals surface area (Å²) >= 11 is 0. The predicted molar refractivity (Wildman–Crippen MR) is 113 cm³/mol. The van der Waals surface area contributed by atoms with Crippen LogP contribution in [-0.2, 0) is 5.41 Å². The Morgan fingerprint density at radius 1 is 0.654 bits per heavy atom. The molecule has 0 unspecified atom stereocenters. The van der Waals surface area contributed by atoms with Crippen LogP contribution in [0.15, 0.2) is 84.0 Å². The molecule has 0 aliphatic heterocycles. The third-order valence-corrected chi connectivity index (χ3v) is 5.73. The lowest BCUT2D eigenvalue weighted by atomic mass is 9.54. The van der Waals surface area contributed by atoms with Crippen molar-refractivity contribution in [2.45, 2.75) is 53.4 Å². The second-order valence-corrected chi connectivity index (χ2v) is 9.48. The van der Waals surface area contributed by atoms with Crippen LogP contribution in [0.25, 0.3) is 0 Å². The molecule has 1 aliphatic rings. The minimum Gasteiger partial charge on any atom is -0.0801 e. The second kappa shape index (κ2) is 6.58. The lowest BCUT2D eigenvalue weighted by Crippen LogP contribution is -2.44. The van der Waals surface area contributed by atoms with Crippen LogP contribution in [0.2, 0.25) is 0 Å². The van der Waals surface area contributed by atoms with Gasteiger partial charge in [-0.1, -0.05) is 114 Å². The molecule has 1 aliphatic carbocycles. The van der Waals surface area contributed by atoms with E-state index in [-0.39, 0.29) is 16.2 Å². The van der Waals surface area contributed by atoms with Gasteiger partial charge in [-0.2, -0.15) is 0 Å². The standard InChI is InChI=1S/C26H32/c1-24(2,3)22-18-13-19-23(22)26(25(4,5)6,20-14-9-7-10-15-20)21-16-11-8-12-17-21/h7-18H,19H2,1-6H3. The SMILES string of the molecule is CC(C)(C)C1=C(C(c2ccccc2)(c2ccccc2)C(C)(C)C)CC=C1. The Labute approximate surface area is 159 Å². The first-order valence-corrected chi connectivity index (χ1v) is 9.71. The lowest BCUT2D eigenvalue weighted by Gasteiger charge is -2.49. The molecule has 0 heterocycles. The minimum atomic E-state index is -0.151. The highest BCUT2D eigenvalue weighted by Crippen LogP contribution is 2.56. The quantitative estimate of drug-likeness (QED) is 0.547. The maximum Gasteiger partial charge on any atom is 0.0468 e. The van der Waals surface area contributed by atoms with Crippen LogP contribution in [0.1, 0.15) is 59.1 Å². The Morgan fingerprint density at radius 3 is 1.50 bits per heavy atom. The van der Waals surface area contributed by atoms with E-state index in [1.165, 1.54) is 16.7 Å². The van der Waals surface area contributed by atoms with Crippen molar-refractivity contribution in [3.05, 3.63) is 95.1 Å². The van der Waals surface area contributed by atoms with E-state index in [1.807, 2.05) is 0 Å². The van der Waals surface area contributed by atoms with Crippen molar-refractivity contribution in [3.63, 3.8) is 0 Å². The van der Waals surface area contributed by atoms with Crippen molar-refractivity contribution in [1.82, 2.24) is 0 Å². The fourth-order valence-electron chi connectivity index (χ4n) is 4.77. The summed E-state index contributed by atoms with van der Waals surface area (Å²) in [6, 6.07) is 22.2. The minimum absolute atomic E-state index is 0.0353. The van der Waals surface area contributed by atoms with Gasteiger partial charge in [0.1, 0.15) is 0 Å². The van der Waals surface area contributed by atoms with Crippen molar-refractivity contribution in [2.75, 3.05) is 0 Å². The number of allylic oxidation sites excluding steroid dienone is 4. The molecule has 26 heavy (non-hydrogen) atoms. The summed E-state index contributed by atoms with van der Waals surface area (Å²) in [6.45, 7) is 14.2. The van der Waals surface area contributed by atoms with E-state index in [9.17, 15) is 0 Å². The molecular weight excluding hydrogens is 312 g/mol. The fourth-order valence-corrected chi connectivity index (χ4v) is 4.77. The van der Waals surface area contributed by atoms with Crippen molar-refractivity contribution < 1.29 is 0 Å². The van der Waals surface area contributed by atoms with E-state index < -0.39 is 0 Å². The summed E-state index contributed by atoms with van der Waals surface area (Å²) in [6.07, 6.45) is 5.73. The third-order valence-electron chi connectivity index (χ3n) is 5.73. The normalized spacial score (nSPS) is 15.6. The van der Waals surface area contributed by atoms with Gasteiger partial charge in [0.2, 0.25) is 0 Å². The van der Waals surface area contributed by atoms with E-state index in [0.717, 1.165) is 6.42 Å². The summed E-state index contributed by atoms with van der Waals surface area (Å²) in [4.78, 5) is 0. The monoisotopic (exact) mass is 344 g/mol. The van der Waals surface area contributed by atoms with Crippen LogP contribution in [0.4, 0.5) is 0 Å². The molecule has 0 atom stereocenters. The van der Waals surface area contributed by atoms with Crippen molar-refractivity contribution in [2.24, 2.45) is 10.8 Å². The zero-order valence-corrected chi connectivity index (χ0v) is 17.1. The van der Waals surface area contributed by atoms with E-state index >= 15 is 0 Å². The highest BCUT2D eigenvalue weighted by Gasteiger charge is 2.49. The zero-order chi connectivity index (χ0) is 19.0. The van der Waals surface area contributed by atoms with Gasteiger partial charge in [0.15, 0.2) is 0 Å². The number of hydrogen-bond acceptors (Lipinski definition) is 0. The first-order chi connectivity index (χ1) is 12.2. The smallest absolute Gasteiger partial charge is 0.0468 e. The van der Waals surface area contributed by atoms with E-state index in [0.29, 0.717) is 0 Å². The Kier molecular flexibility index (Phi) is 4.73. The van der Waals surface area contributed by atoms with Gasteiger partial charge in [0.25, 0.3) is 0 Å². The Balaban J connectivity index is 2.44. The van der Waals surface area contributed by atoms with Crippen LogP contribution in [0.3, 0.4) is 0 Å². The Bertz CT molecular complexity index is 766. The predicted octanol–water partition coefficient (Wildman–Crippen LogP) is 7.32. The molecule has 0 amide bonds. The molecule has 0 N–H and O–H groups in total. The summed E-state index contributed by atoms with van der Waals surface area (Å²) < 4.78 is 0. The van der Waals surface area contributed by atoms with Gasteiger partial charge >= 0.3 is 0 Å². The second-order valence-electron chi connectivity index (χ2n) is 9.48. The maximum absolute atomic E-state index is 2.39. The van der Waals surface area contributed by atoms with Gasteiger partial charge in [-0.3, -0.25) is 0 Å². The van der Waals surface area contributed by atoms with Gasteiger partial charge in [0.05, 0.1) is 0 Å². The first kappa shape index (κ1) is 18.7. The van der Waals surface area contributed by atoms with Gasteiger partial charge in [-0.25, -0.2) is 0 Å².